The highest BCUT2D eigenvalue weighted by Crippen LogP contribution is 2.27. The number of hydrogen-bond donors (Lipinski definition) is 2. The van der Waals surface area contributed by atoms with Gasteiger partial charge in [-0.15, -0.1) is 0 Å². The van der Waals surface area contributed by atoms with E-state index in [1.165, 1.54) is 7.11 Å². The van der Waals surface area contributed by atoms with Crippen LogP contribution in [0.2, 0.25) is 0 Å². The topological polar surface area (TPSA) is 95.9 Å². The molecule has 1 aromatic rings. The second-order valence-electron chi connectivity index (χ2n) is 6.70. The largest absolute Gasteiger partial charge is 0.497 e. The van der Waals surface area contributed by atoms with E-state index in [0.717, 1.165) is 4.90 Å². The van der Waals surface area contributed by atoms with Crippen molar-refractivity contribution in [2.75, 3.05) is 20.2 Å². The number of amides is 2. The third-order valence-corrected chi connectivity index (χ3v) is 4.49. The van der Waals surface area contributed by atoms with Crippen molar-refractivity contribution >= 4 is 17.8 Å². The maximum absolute atomic E-state index is 14.2. The van der Waals surface area contributed by atoms with Crippen LogP contribution in [0.4, 0.5) is 4.39 Å². The van der Waals surface area contributed by atoms with Crippen molar-refractivity contribution in [2.24, 2.45) is 5.92 Å². The maximum Gasteiger partial charge on any atom is 0.343 e. The average molecular weight is 366 g/mol. The minimum Gasteiger partial charge on any atom is -0.497 e. The molecule has 2 atom stereocenters. The number of carbonyl (C=O) groups excluding carboxylic acids is 2. The molecule has 2 amide bonds. The van der Waals surface area contributed by atoms with Crippen LogP contribution in [0.15, 0.2) is 24.3 Å². The second kappa shape index (κ2) is 7.72. The Labute approximate surface area is 151 Å². The number of methoxy groups -OCH3 is 1. The van der Waals surface area contributed by atoms with E-state index in [1.807, 2.05) is 0 Å². The first kappa shape index (κ1) is 19.7. The first-order valence-corrected chi connectivity index (χ1v) is 8.34. The summed E-state index contributed by atoms with van der Waals surface area (Å²) >= 11 is 0. The Balaban J connectivity index is 2.09. The fourth-order valence-corrected chi connectivity index (χ4v) is 2.81. The van der Waals surface area contributed by atoms with Crippen molar-refractivity contribution < 1.29 is 28.6 Å². The highest BCUT2D eigenvalue weighted by atomic mass is 19.1. The van der Waals surface area contributed by atoms with Crippen LogP contribution >= 0.6 is 0 Å². The quantitative estimate of drug-likeness (QED) is 0.795. The number of benzene rings is 1. The molecule has 0 aromatic heterocycles. The summed E-state index contributed by atoms with van der Waals surface area (Å²) < 4.78 is 19.3. The predicted octanol–water partition coefficient (Wildman–Crippen LogP) is 1.47. The van der Waals surface area contributed by atoms with Crippen molar-refractivity contribution in [3.63, 3.8) is 0 Å². The zero-order valence-electron chi connectivity index (χ0n) is 15.0. The van der Waals surface area contributed by atoms with Crippen LogP contribution < -0.4 is 10.1 Å². The summed E-state index contributed by atoms with van der Waals surface area (Å²) in [5, 5.41) is 11.6. The van der Waals surface area contributed by atoms with Gasteiger partial charge in [-0.25, -0.2) is 9.18 Å². The first-order chi connectivity index (χ1) is 12.2. The molecule has 8 heteroatoms. The predicted molar refractivity (Wildman–Crippen MR) is 91.8 cm³/mol. The summed E-state index contributed by atoms with van der Waals surface area (Å²) in [5.41, 5.74) is -2.08. The monoisotopic (exact) mass is 366 g/mol. The number of ether oxygens (including phenoxy) is 1. The molecule has 1 heterocycles. The Morgan fingerprint density at radius 2 is 1.88 bits per heavy atom. The third-order valence-electron chi connectivity index (χ3n) is 4.49. The number of carbonyl (C=O) groups is 3. The molecular weight excluding hydrogens is 343 g/mol. The Bertz CT molecular complexity index is 691. The lowest BCUT2D eigenvalue weighted by atomic mass is 10.0. The number of rotatable bonds is 6. The third kappa shape index (κ3) is 4.12. The molecular formula is C18H23FN2O5. The minimum atomic E-state index is -2.43. The lowest BCUT2D eigenvalue weighted by molar-refractivity contribution is -0.150. The summed E-state index contributed by atoms with van der Waals surface area (Å²) in [4.78, 5) is 37.3. The molecule has 0 spiro atoms. The van der Waals surface area contributed by atoms with Crippen LogP contribution in [-0.2, 0) is 9.59 Å². The molecule has 142 valence electrons. The Hall–Kier alpha value is -2.64. The van der Waals surface area contributed by atoms with Crippen molar-refractivity contribution in [1.82, 2.24) is 10.2 Å². The number of nitrogens with one attached hydrogen (secondary N) is 1. The van der Waals surface area contributed by atoms with Gasteiger partial charge in [0.05, 0.1) is 13.7 Å². The first-order valence-electron chi connectivity index (χ1n) is 8.34. The molecule has 1 aliphatic heterocycles. The molecule has 0 saturated carbocycles. The van der Waals surface area contributed by atoms with Crippen LogP contribution in [0.5, 0.6) is 5.75 Å². The number of carboxylic acid groups (broad SMARTS) is 1. The maximum atomic E-state index is 14.2. The van der Waals surface area contributed by atoms with Gasteiger partial charge in [-0.2, -0.15) is 0 Å². The van der Waals surface area contributed by atoms with Gasteiger partial charge in [0, 0.05) is 18.5 Å². The zero-order valence-corrected chi connectivity index (χ0v) is 15.0. The average Bonchev–Trinajstić information content (AvgIpc) is 3.02. The smallest absolute Gasteiger partial charge is 0.343 e. The molecule has 0 aliphatic carbocycles. The summed E-state index contributed by atoms with van der Waals surface area (Å²) in [6.07, 6.45) is -0.259. The molecule has 1 aliphatic rings. The molecule has 1 fully saturated rings. The fourth-order valence-electron chi connectivity index (χ4n) is 2.81. The minimum absolute atomic E-state index is 0.00323. The van der Waals surface area contributed by atoms with E-state index in [1.54, 1.807) is 38.1 Å². The van der Waals surface area contributed by atoms with Gasteiger partial charge in [0.15, 0.2) is 0 Å². The van der Waals surface area contributed by atoms with Gasteiger partial charge in [0.25, 0.3) is 5.91 Å². The van der Waals surface area contributed by atoms with Gasteiger partial charge in [0.1, 0.15) is 11.8 Å². The molecule has 7 nitrogen and oxygen atoms in total. The summed E-state index contributed by atoms with van der Waals surface area (Å²) in [5.74, 6) is -2.14. The van der Waals surface area contributed by atoms with Gasteiger partial charge < -0.3 is 20.1 Å². The van der Waals surface area contributed by atoms with E-state index in [2.05, 4.69) is 5.32 Å². The SMILES string of the molecule is COc1ccc(C(=O)NC(C(=O)N2CCC(F)(C(=O)O)C2)C(C)C)cc1. The Morgan fingerprint density at radius 1 is 1.27 bits per heavy atom. The van der Waals surface area contributed by atoms with Crippen LogP contribution in [0.1, 0.15) is 30.6 Å². The highest BCUT2D eigenvalue weighted by Gasteiger charge is 2.48. The van der Waals surface area contributed by atoms with Crippen molar-refractivity contribution in [3.05, 3.63) is 29.8 Å². The van der Waals surface area contributed by atoms with Gasteiger partial charge in [-0.3, -0.25) is 9.59 Å². The number of likely N-dealkylation sites (tertiary alicyclic amines) is 1. The number of halogens is 1. The second-order valence-corrected chi connectivity index (χ2v) is 6.70. The molecule has 1 saturated heterocycles. The van der Waals surface area contributed by atoms with Crippen molar-refractivity contribution in [3.8, 4) is 5.75 Å². The van der Waals surface area contributed by atoms with Gasteiger partial charge >= 0.3 is 5.97 Å². The normalized spacial score (nSPS) is 20.7. The zero-order chi connectivity index (χ0) is 19.5. The summed E-state index contributed by atoms with van der Waals surface area (Å²) in [6, 6.07) is 5.53. The molecule has 2 unspecified atom stereocenters. The standard InChI is InChI=1S/C18H23FN2O5/c1-11(2)14(16(23)21-9-8-18(19,10-21)17(24)25)20-15(22)12-4-6-13(26-3)7-5-12/h4-7,11,14H,8-10H2,1-3H3,(H,20,22)(H,24,25). The lowest BCUT2D eigenvalue weighted by Gasteiger charge is -2.27. The lowest BCUT2D eigenvalue weighted by Crippen LogP contribution is -2.51. The van der Waals surface area contributed by atoms with E-state index in [4.69, 9.17) is 9.84 Å². The van der Waals surface area contributed by atoms with Crippen LogP contribution in [-0.4, -0.2) is 59.7 Å². The van der Waals surface area contributed by atoms with Crippen LogP contribution in [0.25, 0.3) is 0 Å². The van der Waals surface area contributed by atoms with Crippen molar-refractivity contribution in [1.29, 1.82) is 0 Å². The number of hydrogen-bond acceptors (Lipinski definition) is 4. The summed E-state index contributed by atoms with van der Waals surface area (Å²) in [7, 11) is 1.51. The van der Waals surface area contributed by atoms with Gasteiger partial charge in [-0.05, 0) is 30.2 Å². The highest BCUT2D eigenvalue weighted by molar-refractivity contribution is 5.98. The molecule has 0 radical (unpaired) electrons. The molecule has 2 rings (SSSR count). The van der Waals surface area contributed by atoms with Crippen molar-refractivity contribution in [2.45, 2.75) is 32.0 Å². The number of alkyl halides is 1. The Morgan fingerprint density at radius 3 is 2.35 bits per heavy atom. The number of nitrogens with zero attached hydrogens (tertiary/aromatic N) is 1. The number of carboxylic acids is 1. The fraction of sp³-hybridized carbons (Fsp3) is 0.500. The van der Waals surface area contributed by atoms with E-state index in [-0.39, 0.29) is 18.9 Å². The Kier molecular flexibility index (Phi) is 5.84. The molecule has 1 aromatic carbocycles. The van der Waals surface area contributed by atoms with Crippen LogP contribution in [0, 0.1) is 5.92 Å². The van der Waals surface area contributed by atoms with Crippen LogP contribution in [0.3, 0.4) is 0 Å². The van der Waals surface area contributed by atoms with E-state index in [9.17, 15) is 18.8 Å². The van der Waals surface area contributed by atoms with E-state index >= 15 is 0 Å². The number of aliphatic carboxylic acids is 1. The van der Waals surface area contributed by atoms with E-state index in [0.29, 0.717) is 11.3 Å². The van der Waals surface area contributed by atoms with Gasteiger partial charge in [-0.1, -0.05) is 13.8 Å². The molecule has 26 heavy (non-hydrogen) atoms. The summed E-state index contributed by atoms with van der Waals surface area (Å²) in [6.45, 7) is 3.01. The van der Waals surface area contributed by atoms with Gasteiger partial charge in [0.2, 0.25) is 11.6 Å². The van der Waals surface area contributed by atoms with E-state index < -0.39 is 36.0 Å². The molecule has 0 bridgehead atoms. The molecule has 2 N–H and O–H groups in total.